The van der Waals surface area contributed by atoms with Crippen molar-refractivity contribution in [3.63, 3.8) is 0 Å². The summed E-state index contributed by atoms with van der Waals surface area (Å²) in [5.41, 5.74) is 7.95. The molecule has 0 spiro atoms. The molecule has 2 aromatic carbocycles. The minimum Gasteiger partial charge on any atom is -0.323 e. The van der Waals surface area contributed by atoms with Gasteiger partial charge in [0.2, 0.25) is 0 Å². The molecule has 0 amide bonds. The van der Waals surface area contributed by atoms with E-state index in [2.05, 4.69) is 15.9 Å². The predicted molar refractivity (Wildman–Crippen MR) is 75.9 cm³/mol. The molecule has 1 atom stereocenters. The number of rotatable bonds is 3. The maximum absolute atomic E-state index is 13.9. The number of halogens is 3. The second-order valence-corrected chi connectivity index (χ2v) is 5.35. The van der Waals surface area contributed by atoms with Gasteiger partial charge < -0.3 is 5.73 Å². The lowest BCUT2D eigenvalue weighted by Gasteiger charge is -2.16. The lowest BCUT2D eigenvalue weighted by atomic mass is 9.96. The van der Waals surface area contributed by atoms with Crippen molar-refractivity contribution in [1.29, 1.82) is 0 Å². The molecule has 19 heavy (non-hydrogen) atoms. The third-order valence-electron chi connectivity index (χ3n) is 3.15. The SMILES string of the molecule is Cc1ccccc1CC(N)c1c(F)ccc(Br)c1F. The molecule has 0 aromatic heterocycles. The van der Waals surface area contributed by atoms with E-state index >= 15 is 0 Å². The zero-order valence-electron chi connectivity index (χ0n) is 10.5. The third-order valence-corrected chi connectivity index (χ3v) is 3.76. The Hall–Kier alpha value is -1.26. The molecule has 2 aromatic rings. The van der Waals surface area contributed by atoms with E-state index in [-0.39, 0.29) is 10.0 Å². The van der Waals surface area contributed by atoms with E-state index in [9.17, 15) is 8.78 Å². The van der Waals surface area contributed by atoms with E-state index in [0.717, 1.165) is 11.1 Å². The summed E-state index contributed by atoms with van der Waals surface area (Å²) in [6, 6.07) is 9.54. The molecule has 1 unspecified atom stereocenters. The van der Waals surface area contributed by atoms with E-state index in [1.165, 1.54) is 12.1 Å². The Morgan fingerprint density at radius 2 is 1.84 bits per heavy atom. The van der Waals surface area contributed by atoms with Crippen LogP contribution in [0.5, 0.6) is 0 Å². The minimum atomic E-state index is -0.710. The zero-order valence-corrected chi connectivity index (χ0v) is 12.0. The van der Waals surface area contributed by atoms with Crippen LogP contribution in [0.2, 0.25) is 0 Å². The predicted octanol–water partition coefficient (Wildman–Crippen LogP) is 4.28. The van der Waals surface area contributed by atoms with Crippen LogP contribution in [0.4, 0.5) is 8.78 Å². The Morgan fingerprint density at radius 1 is 1.16 bits per heavy atom. The van der Waals surface area contributed by atoms with Gasteiger partial charge in [0, 0.05) is 11.6 Å². The van der Waals surface area contributed by atoms with E-state index < -0.39 is 17.7 Å². The van der Waals surface area contributed by atoms with E-state index in [1.54, 1.807) is 0 Å². The van der Waals surface area contributed by atoms with E-state index in [0.29, 0.717) is 6.42 Å². The minimum absolute atomic E-state index is 0.0716. The summed E-state index contributed by atoms with van der Waals surface area (Å²) in [5.74, 6) is -1.23. The van der Waals surface area contributed by atoms with Crippen molar-refractivity contribution >= 4 is 15.9 Å². The summed E-state index contributed by atoms with van der Waals surface area (Å²) in [5, 5.41) is 0. The van der Waals surface area contributed by atoms with Gasteiger partial charge in [-0.3, -0.25) is 0 Å². The van der Waals surface area contributed by atoms with Gasteiger partial charge in [0.1, 0.15) is 11.6 Å². The summed E-state index contributed by atoms with van der Waals surface area (Å²) >= 11 is 3.05. The van der Waals surface area contributed by atoms with Crippen LogP contribution >= 0.6 is 15.9 Å². The van der Waals surface area contributed by atoms with Crippen LogP contribution < -0.4 is 5.73 Å². The van der Waals surface area contributed by atoms with Gasteiger partial charge in [0.25, 0.3) is 0 Å². The molecule has 0 aliphatic carbocycles. The Balaban J connectivity index is 2.33. The topological polar surface area (TPSA) is 26.0 Å². The van der Waals surface area contributed by atoms with Crippen molar-refractivity contribution in [1.82, 2.24) is 0 Å². The molecule has 100 valence electrons. The van der Waals surface area contributed by atoms with Gasteiger partial charge >= 0.3 is 0 Å². The molecule has 2 rings (SSSR count). The molecule has 0 aliphatic rings. The van der Waals surface area contributed by atoms with E-state index in [4.69, 9.17) is 5.73 Å². The third kappa shape index (κ3) is 3.01. The zero-order chi connectivity index (χ0) is 14.0. The van der Waals surface area contributed by atoms with Crippen LogP contribution in [0, 0.1) is 18.6 Å². The van der Waals surface area contributed by atoms with Gasteiger partial charge in [0.15, 0.2) is 0 Å². The Kier molecular flexibility index (Phi) is 4.32. The first-order valence-corrected chi connectivity index (χ1v) is 6.73. The summed E-state index contributed by atoms with van der Waals surface area (Å²) in [4.78, 5) is 0. The highest BCUT2D eigenvalue weighted by molar-refractivity contribution is 9.10. The van der Waals surface area contributed by atoms with Crippen LogP contribution in [0.1, 0.15) is 22.7 Å². The maximum atomic E-state index is 13.9. The average molecular weight is 326 g/mol. The largest absolute Gasteiger partial charge is 0.323 e. The fourth-order valence-electron chi connectivity index (χ4n) is 2.06. The van der Waals surface area contributed by atoms with Crippen LogP contribution in [-0.2, 0) is 6.42 Å². The second kappa shape index (κ2) is 5.80. The number of nitrogens with two attached hydrogens (primary N) is 1. The summed E-state index contributed by atoms with van der Waals surface area (Å²) in [6.07, 6.45) is 0.400. The van der Waals surface area contributed by atoms with Crippen LogP contribution in [0.25, 0.3) is 0 Å². The molecular weight excluding hydrogens is 312 g/mol. The molecule has 1 nitrogen and oxygen atoms in total. The number of benzene rings is 2. The fraction of sp³-hybridized carbons (Fsp3) is 0.200. The van der Waals surface area contributed by atoms with Crippen molar-refractivity contribution in [2.45, 2.75) is 19.4 Å². The smallest absolute Gasteiger partial charge is 0.145 e. The highest BCUT2D eigenvalue weighted by atomic mass is 79.9. The lowest BCUT2D eigenvalue weighted by molar-refractivity contribution is 0.520. The molecular formula is C15H14BrF2N. The van der Waals surface area contributed by atoms with Crippen molar-refractivity contribution in [3.05, 3.63) is 69.2 Å². The quantitative estimate of drug-likeness (QED) is 0.837. The summed E-state index contributed by atoms with van der Waals surface area (Å²) in [7, 11) is 0. The number of aryl methyl sites for hydroxylation is 1. The standard InChI is InChI=1S/C15H14BrF2N/c1-9-4-2-3-5-10(9)8-13(19)14-12(17)7-6-11(16)15(14)18/h2-7,13H,8,19H2,1H3. The van der Waals surface area contributed by atoms with Gasteiger partial charge in [-0.2, -0.15) is 0 Å². The van der Waals surface area contributed by atoms with Crippen molar-refractivity contribution in [2.75, 3.05) is 0 Å². The molecule has 0 saturated carbocycles. The molecule has 0 radical (unpaired) electrons. The normalized spacial score (nSPS) is 12.5. The fourth-order valence-corrected chi connectivity index (χ4v) is 2.41. The Labute approximate surface area is 119 Å². The number of hydrogen-bond donors (Lipinski definition) is 1. The summed E-state index contributed by atoms with van der Waals surface area (Å²) < 4.78 is 27.9. The van der Waals surface area contributed by atoms with Gasteiger partial charge in [-0.05, 0) is 52.5 Å². The average Bonchev–Trinajstić information content (AvgIpc) is 2.37. The van der Waals surface area contributed by atoms with Crippen LogP contribution in [0.15, 0.2) is 40.9 Å². The molecule has 2 N–H and O–H groups in total. The molecule has 0 bridgehead atoms. The van der Waals surface area contributed by atoms with Crippen molar-refractivity contribution < 1.29 is 8.78 Å². The highest BCUT2D eigenvalue weighted by Crippen LogP contribution is 2.28. The van der Waals surface area contributed by atoms with Gasteiger partial charge in [-0.1, -0.05) is 24.3 Å². The van der Waals surface area contributed by atoms with Gasteiger partial charge in [0.05, 0.1) is 4.47 Å². The first-order chi connectivity index (χ1) is 9.00. The Bertz CT molecular complexity index is 599. The van der Waals surface area contributed by atoms with Crippen molar-refractivity contribution in [3.8, 4) is 0 Å². The van der Waals surface area contributed by atoms with Crippen LogP contribution in [-0.4, -0.2) is 0 Å². The molecule has 0 heterocycles. The highest BCUT2D eigenvalue weighted by Gasteiger charge is 2.19. The molecule has 0 fully saturated rings. The second-order valence-electron chi connectivity index (χ2n) is 4.49. The first-order valence-electron chi connectivity index (χ1n) is 5.94. The van der Waals surface area contributed by atoms with Crippen LogP contribution in [0.3, 0.4) is 0 Å². The Morgan fingerprint density at radius 3 is 2.53 bits per heavy atom. The molecule has 0 saturated heterocycles. The molecule has 4 heteroatoms. The van der Waals surface area contributed by atoms with E-state index in [1.807, 2.05) is 31.2 Å². The molecule has 0 aliphatic heterocycles. The summed E-state index contributed by atoms with van der Waals surface area (Å²) in [6.45, 7) is 1.95. The first kappa shape index (κ1) is 14.2. The van der Waals surface area contributed by atoms with Gasteiger partial charge in [-0.25, -0.2) is 8.78 Å². The number of hydrogen-bond acceptors (Lipinski definition) is 1. The van der Waals surface area contributed by atoms with Crippen molar-refractivity contribution in [2.24, 2.45) is 5.73 Å². The monoisotopic (exact) mass is 325 g/mol. The lowest BCUT2D eigenvalue weighted by Crippen LogP contribution is -2.17. The maximum Gasteiger partial charge on any atom is 0.145 e. The van der Waals surface area contributed by atoms with Gasteiger partial charge in [-0.15, -0.1) is 0 Å².